The molecule has 1 heterocycles. The molecule has 1 aliphatic heterocycles. The highest BCUT2D eigenvalue weighted by atomic mass is 16.5. The summed E-state index contributed by atoms with van der Waals surface area (Å²) in [6, 6.07) is 0. The molecule has 1 rings (SSSR count). The molecule has 3 heteroatoms. The molecule has 0 saturated carbocycles. The van der Waals surface area contributed by atoms with Gasteiger partial charge >= 0.3 is 0 Å². The Morgan fingerprint density at radius 2 is 2.33 bits per heavy atom. The van der Waals surface area contributed by atoms with Gasteiger partial charge in [0.1, 0.15) is 0 Å². The maximum Gasteiger partial charge on any atom is 0.0506 e. The van der Waals surface area contributed by atoms with Gasteiger partial charge in [-0.15, -0.1) is 0 Å². The first-order valence-corrected chi connectivity index (χ1v) is 6.14. The Labute approximate surface area is 93.2 Å². The Morgan fingerprint density at radius 3 is 2.87 bits per heavy atom. The van der Waals surface area contributed by atoms with E-state index >= 15 is 0 Å². The van der Waals surface area contributed by atoms with Crippen LogP contribution in [0.5, 0.6) is 0 Å². The number of ether oxygens (including phenoxy) is 1. The van der Waals surface area contributed by atoms with Gasteiger partial charge in [-0.1, -0.05) is 6.92 Å². The first kappa shape index (κ1) is 12.9. The highest BCUT2D eigenvalue weighted by Gasteiger charge is 2.23. The van der Waals surface area contributed by atoms with Gasteiger partial charge in [-0.05, 0) is 38.5 Å². The van der Waals surface area contributed by atoms with Gasteiger partial charge < -0.3 is 15.2 Å². The molecule has 1 aliphatic rings. The number of hydrogen-bond donors (Lipinski definition) is 2. The van der Waals surface area contributed by atoms with Crippen molar-refractivity contribution in [1.82, 2.24) is 5.32 Å². The molecule has 1 fully saturated rings. The molecule has 0 radical (unpaired) electrons. The predicted octanol–water partition coefficient (Wildman–Crippen LogP) is 1.55. The van der Waals surface area contributed by atoms with Crippen molar-refractivity contribution in [3.8, 4) is 0 Å². The Bertz CT molecular complexity index is 169. The van der Waals surface area contributed by atoms with Gasteiger partial charge in [0, 0.05) is 25.3 Å². The fourth-order valence-corrected chi connectivity index (χ4v) is 2.00. The zero-order valence-corrected chi connectivity index (χ0v) is 10.1. The molecule has 15 heavy (non-hydrogen) atoms. The number of aliphatic hydroxyl groups is 1. The minimum absolute atomic E-state index is 0.0895. The molecule has 2 atom stereocenters. The van der Waals surface area contributed by atoms with E-state index in [-0.39, 0.29) is 12.1 Å². The lowest BCUT2D eigenvalue weighted by atomic mass is 9.93. The van der Waals surface area contributed by atoms with Crippen LogP contribution in [0.25, 0.3) is 0 Å². The Kier molecular flexibility index (Phi) is 5.58. The highest BCUT2D eigenvalue weighted by Crippen LogP contribution is 2.17. The van der Waals surface area contributed by atoms with Gasteiger partial charge in [0.25, 0.3) is 0 Å². The zero-order chi connectivity index (χ0) is 11.1. The second kappa shape index (κ2) is 6.46. The third kappa shape index (κ3) is 4.49. The van der Waals surface area contributed by atoms with Crippen molar-refractivity contribution in [2.24, 2.45) is 5.92 Å². The standard InChI is InChI=1S/C12H25NO2/c1-3-12(2,6-7-14)13-9-11-5-4-8-15-10-11/h11,13-14H,3-10H2,1-2H3. The van der Waals surface area contributed by atoms with Crippen LogP contribution in [0.2, 0.25) is 0 Å². The van der Waals surface area contributed by atoms with Crippen LogP contribution in [0.1, 0.15) is 39.5 Å². The lowest BCUT2D eigenvalue weighted by Crippen LogP contribution is -2.45. The fraction of sp³-hybridized carbons (Fsp3) is 1.00. The topological polar surface area (TPSA) is 41.5 Å². The minimum Gasteiger partial charge on any atom is -0.396 e. The molecule has 0 aromatic rings. The average Bonchev–Trinajstić information content (AvgIpc) is 2.28. The molecule has 90 valence electrons. The van der Waals surface area contributed by atoms with Crippen molar-refractivity contribution < 1.29 is 9.84 Å². The Morgan fingerprint density at radius 1 is 1.53 bits per heavy atom. The van der Waals surface area contributed by atoms with E-state index in [1.165, 1.54) is 12.8 Å². The van der Waals surface area contributed by atoms with Crippen LogP contribution in [0, 0.1) is 5.92 Å². The number of hydrogen-bond acceptors (Lipinski definition) is 3. The van der Waals surface area contributed by atoms with Crippen LogP contribution < -0.4 is 5.32 Å². The van der Waals surface area contributed by atoms with Crippen LogP contribution in [0.3, 0.4) is 0 Å². The number of aliphatic hydroxyl groups excluding tert-OH is 1. The van der Waals surface area contributed by atoms with E-state index in [9.17, 15) is 0 Å². The third-order valence-electron chi connectivity index (χ3n) is 3.52. The van der Waals surface area contributed by atoms with Crippen molar-refractivity contribution >= 4 is 0 Å². The summed E-state index contributed by atoms with van der Waals surface area (Å²) in [6.07, 6.45) is 4.35. The Hall–Kier alpha value is -0.120. The minimum atomic E-state index is 0.0895. The lowest BCUT2D eigenvalue weighted by Gasteiger charge is -2.32. The monoisotopic (exact) mass is 215 g/mol. The van der Waals surface area contributed by atoms with Crippen LogP contribution in [0.4, 0.5) is 0 Å². The summed E-state index contributed by atoms with van der Waals surface area (Å²) < 4.78 is 5.45. The SMILES string of the molecule is CCC(C)(CCO)NCC1CCCOC1. The maximum atomic E-state index is 9.01. The summed E-state index contributed by atoms with van der Waals surface area (Å²) in [5.74, 6) is 0.656. The molecule has 0 aliphatic carbocycles. The van der Waals surface area contributed by atoms with E-state index in [1.807, 2.05) is 0 Å². The molecule has 0 aromatic carbocycles. The highest BCUT2D eigenvalue weighted by molar-refractivity contribution is 4.82. The molecule has 3 nitrogen and oxygen atoms in total. The van der Waals surface area contributed by atoms with Gasteiger partial charge in [0.05, 0.1) is 6.61 Å². The summed E-state index contributed by atoms with van der Waals surface area (Å²) in [4.78, 5) is 0. The van der Waals surface area contributed by atoms with E-state index in [0.717, 1.165) is 32.6 Å². The summed E-state index contributed by atoms with van der Waals surface area (Å²) in [5.41, 5.74) is 0.0895. The quantitative estimate of drug-likeness (QED) is 0.706. The largest absolute Gasteiger partial charge is 0.396 e. The molecule has 2 unspecified atom stereocenters. The smallest absolute Gasteiger partial charge is 0.0506 e. The van der Waals surface area contributed by atoms with Crippen molar-refractivity contribution in [3.05, 3.63) is 0 Å². The Balaban J connectivity index is 2.25. The molecule has 0 spiro atoms. The normalized spacial score (nSPS) is 26.2. The molecule has 0 amide bonds. The van der Waals surface area contributed by atoms with Crippen LogP contribution in [-0.4, -0.2) is 37.0 Å². The fourth-order valence-electron chi connectivity index (χ4n) is 2.00. The van der Waals surface area contributed by atoms with Crippen molar-refractivity contribution in [1.29, 1.82) is 0 Å². The van der Waals surface area contributed by atoms with E-state index in [0.29, 0.717) is 5.92 Å². The summed E-state index contributed by atoms with van der Waals surface area (Å²) in [5, 5.41) is 12.6. The molecule has 1 saturated heterocycles. The molecule has 0 bridgehead atoms. The summed E-state index contributed by atoms with van der Waals surface area (Å²) >= 11 is 0. The molecule has 2 N–H and O–H groups in total. The van der Waals surface area contributed by atoms with Crippen LogP contribution >= 0.6 is 0 Å². The molecular weight excluding hydrogens is 190 g/mol. The summed E-state index contributed by atoms with van der Waals surface area (Å²) in [6.45, 7) is 7.46. The van der Waals surface area contributed by atoms with Gasteiger partial charge in [-0.2, -0.15) is 0 Å². The van der Waals surface area contributed by atoms with Gasteiger partial charge in [-0.3, -0.25) is 0 Å². The molecule has 0 aromatic heterocycles. The van der Waals surface area contributed by atoms with E-state index in [2.05, 4.69) is 19.2 Å². The first-order valence-electron chi connectivity index (χ1n) is 6.14. The number of nitrogens with one attached hydrogen (secondary N) is 1. The average molecular weight is 215 g/mol. The van der Waals surface area contributed by atoms with Gasteiger partial charge in [-0.25, -0.2) is 0 Å². The zero-order valence-electron chi connectivity index (χ0n) is 10.1. The summed E-state index contributed by atoms with van der Waals surface area (Å²) in [7, 11) is 0. The number of rotatable bonds is 6. The predicted molar refractivity (Wildman–Crippen MR) is 61.9 cm³/mol. The van der Waals surface area contributed by atoms with E-state index in [4.69, 9.17) is 9.84 Å². The van der Waals surface area contributed by atoms with Crippen LogP contribution in [-0.2, 0) is 4.74 Å². The van der Waals surface area contributed by atoms with Gasteiger partial charge in [0.15, 0.2) is 0 Å². The first-order chi connectivity index (χ1) is 7.20. The maximum absolute atomic E-state index is 9.01. The van der Waals surface area contributed by atoms with Gasteiger partial charge in [0.2, 0.25) is 0 Å². The molecular formula is C12H25NO2. The third-order valence-corrected chi connectivity index (χ3v) is 3.52. The van der Waals surface area contributed by atoms with E-state index in [1.54, 1.807) is 0 Å². The second-order valence-electron chi connectivity index (χ2n) is 4.85. The van der Waals surface area contributed by atoms with Crippen molar-refractivity contribution in [2.75, 3.05) is 26.4 Å². The van der Waals surface area contributed by atoms with Crippen molar-refractivity contribution in [2.45, 2.75) is 45.1 Å². The van der Waals surface area contributed by atoms with Crippen LogP contribution in [0.15, 0.2) is 0 Å². The lowest BCUT2D eigenvalue weighted by molar-refractivity contribution is 0.0506. The second-order valence-corrected chi connectivity index (χ2v) is 4.85. The van der Waals surface area contributed by atoms with E-state index < -0.39 is 0 Å². The van der Waals surface area contributed by atoms with Crippen molar-refractivity contribution in [3.63, 3.8) is 0 Å².